The van der Waals surface area contributed by atoms with Gasteiger partial charge in [-0.25, -0.2) is 13.8 Å². The van der Waals surface area contributed by atoms with Crippen LogP contribution in [0.25, 0.3) is 11.0 Å². The minimum absolute atomic E-state index is 0.0714. The van der Waals surface area contributed by atoms with E-state index in [2.05, 4.69) is 39.6 Å². The summed E-state index contributed by atoms with van der Waals surface area (Å²) < 4.78 is 48.1. The molecule has 1 atom stereocenters. The fourth-order valence-corrected chi connectivity index (χ4v) is 5.25. The van der Waals surface area contributed by atoms with Crippen LogP contribution in [0, 0.1) is 29.9 Å². The molecule has 212 valence electrons. The molecule has 0 radical (unpaired) electrons. The van der Waals surface area contributed by atoms with Gasteiger partial charge in [-0.1, -0.05) is 12.1 Å². The fourth-order valence-electron chi connectivity index (χ4n) is 5.25. The van der Waals surface area contributed by atoms with Gasteiger partial charge in [-0.05, 0) is 62.1 Å². The summed E-state index contributed by atoms with van der Waals surface area (Å²) >= 11 is 0. The molecule has 4 heterocycles. The summed E-state index contributed by atoms with van der Waals surface area (Å²) in [6.45, 7) is 5.91. The van der Waals surface area contributed by atoms with E-state index in [9.17, 15) is 8.78 Å². The standard InChI is InChI=1S/C31H31F2N5O3/c1-20-2-6-27-28(14-20)38(17-24-10-13-39-24)29(35-27)18-37-11-8-23(9-12-37)41-30-7-5-25(32)31(36-30)40-19-22-4-3-21(16-34)15-26(22)33/h2-7,14-15,23-24H,8-13,17-19H2,1H3/t24-/m0/s1. The third kappa shape index (κ3) is 6.16. The van der Waals surface area contributed by atoms with E-state index in [1.54, 1.807) is 0 Å². The van der Waals surface area contributed by atoms with Gasteiger partial charge in [0.2, 0.25) is 5.88 Å². The number of halogens is 2. The lowest BCUT2D eigenvalue weighted by Crippen LogP contribution is -2.39. The Morgan fingerprint density at radius 3 is 2.59 bits per heavy atom. The molecule has 0 N–H and O–H groups in total. The lowest BCUT2D eigenvalue weighted by atomic mass is 10.1. The van der Waals surface area contributed by atoms with Gasteiger partial charge in [0, 0.05) is 31.3 Å². The van der Waals surface area contributed by atoms with Crippen molar-refractivity contribution in [3.63, 3.8) is 0 Å². The molecule has 2 aromatic heterocycles. The summed E-state index contributed by atoms with van der Waals surface area (Å²) in [5, 5.41) is 8.90. The first-order chi connectivity index (χ1) is 19.9. The number of nitrogens with zero attached hydrogens (tertiary/aromatic N) is 5. The van der Waals surface area contributed by atoms with Gasteiger partial charge in [-0.2, -0.15) is 10.2 Å². The van der Waals surface area contributed by atoms with Crippen molar-refractivity contribution >= 4 is 11.0 Å². The van der Waals surface area contributed by atoms with Crippen LogP contribution in [0.1, 0.15) is 41.8 Å². The van der Waals surface area contributed by atoms with Gasteiger partial charge in [0.05, 0.1) is 41.9 Å². The van der Waals surface area contributed by atoms with E-state index >= 15 is 0 Å². The number of ether oxygens (including phenoxy) is 3. The Morgan fingerprint density at radius 2 is 1.85 bits per heavy atom. The summed E-state index contributed by atoms with van der Waals surface area (Å²) in [5.74, 6) is -0.204. The second kappa shape index (κ2) is 11.8. The topological polar surface area (TPSA) is 85.4 Å². The molecular formula is C31H31F2N5O3. The number of likely N-dealkylation sites (tertiary alicyclic amines) is 1. The van der Waals surface area contributed by atoms with Crippen LogP contribution < -0.4 is 9.47 Å². The minimum atomic E-state index is -0.661. The van der Waals surface area contributed by atoms with E-state index in [-0.39, 0.29) is 41.7 Å². The molecule has 8 nitrogen and oxygen atoms in total. The highest BCUT2D eigenvalue weighted by Gasteiger charge is 2.26. The zero-order chi connectivity index (χ0) is 28.3. The molecule has 2 saturated heterocycles. The molecule has 2 fully saturated rings. The van der Waals surface area contributed by atoms with Crippen molar-refractivity contribution in [2.75, 3.05) is 19.7 Å². The first-order valence-electron chi connectivity index (χ1n) is 13.9. The second-order valence-corrected chi connectivity index (χ2v) is 10.6. The van der Waals surface area contributed by atoms with Crippen LogP contribution in [0.15, 0.2) is 48.5 Å². The van der Waals surface area contributed by atoms with Crippen molar-refractivity contribution in [3.05, 3.63) is 82.7 Å². The summed E-state index contributed by atoms with van der Waals surface area (Å²) in [4.78, 5) is 11.5. The molecule has 0 spiro atoms. The summed E-state index contributed by atoms with van der Waals surface area (Å²) in [6.07, 6.45) is 2.82. The van der Waals surface area contributed by atoms with Crippen LogP contribution in [0.5, 0.6) is 11.8 Å². The normalized spacial score (nSPS) is 17.8. The first-order valence-corrected chi connectivity index (χ1v) is 13.9. The van der Waals surface area contributed by atoms with Crippen molar-refractivity contribution < 1.29 is 23.0 Å². The SMILES string of the molecule is Cc1ccc2nc(CN3CCC(Oc4ccc(F)c(OCc5ccc(C#N)cc5F)n4)CC3)n(C[C@@H]3CCO3)c2c1. The maximum absolute atomic E-state index is 14.4. The quantitative estimate of drug-likeness (QED) is 0.275. The number of benzene rings is 2. The fraction of sp³-hybridized carbons (Fsp3) is 0.387. The van der Waals surface area contributed by atoms with E-state index in [1.165, 1.54) is 29.8 Å². The number of hydrogen-bond donors (Lipinski definition) is 0. The molecule has 2 aromatic carbocycles. The number of imidazole rings is 1. The van der Waals surface area contributed by atoms with E-state index in [1.807, 2.05) is 6.07 Å². The maximum Gasteiger partial charge on any atom is 0.254 e. The maximum atomic E-state index is 14.4. The van der Waals surface area contributed by atoms with Crippen molar-refractivity contribution in [2.24, 2.45) is 0 Å². The van der Waals surface area contributed by atoms with Crippen LogP contribution in [-0.2, 0) is 24.4 Å². The Kier molecular flexibility index (Phi) is 7.81. The van der Waals surface area contributed by atoms with E-state index in [0.29, 0.717) is 0 Å². The Labute approximate surface area is 237 Å². The van der Waals surface area contributed by atoms with E-state index < -0.39 is 11.6 Å². The van der Waals surface area contributed by atoms with Gasteiger partial charge in [0.1, 0.15) is 24.4 Å². The van der Waals surface area contributed by atoms with E-state index in [4.69, 9.17) is 24.5 Å². The van der Waals surface area contributed by atoms with Crippen molar-refractivity contribution in [1.82, 2.24) is 19.4 Å². The van der Waals surface area contributed by atoms with E-state index in [0.717, 1.165) is 75.0 Å². The van der Waals surface area contributed by atoms with Gasteiger partial charge < -0.3 is 18.8 Å². The lowest BCUT2D eigenvalue weighted by molar-refractivity contribution is -0.0592. The molecule has 2 aliphatic heterocycles. The minimum Gasteiger partial charge on any atom is -0.474 e. The van der Waals surface area contributed by atoms with Crippen LogP contribution in [-0.4, -0.2) is 51.3 Å². The van der Waals surface area contributed by atoms with Gasteiger partial charge in [0.15, 0.2) is 5.82 Å². The highest BCUT2D eigenvalue weighted by Crippen LogP contribution is 2.26. The summed E-state index contributed by atoms with van der Waals surface area (Å²) in [5.41, 5.74) is 3.77. The molecule has 6 rings (SSSR count). The Morgan fingerprint density at radius 1 is 1.02 bits per heavy atom. The number of pyridine rings is 1. The van der Waals surface area contributed by atoms with Crippen molar-refractivity contribution in [2.45, 2.75) is 58.1 Å². The molecule has 41 heavy (non-hydrogen) atoms. The van der Waals surface area contributed by atoms with Crippen molar-refractivity contribution in [1.29, 1.82) is 5.26 Å². The molecule has 0 amide bonds. The average molecular weight is 560 g/mol. The monoisotopic (exact) mass is 559 g/mol. The lowest BCUT2D eigenvalue weighted by Gasteiger charge is -2.32. The number of fused-ring (bicyclic) bond motifs is 1. The summed E-state index contributed by atoms with van der Waals surface area (Å²) in [7, 11) is 0. The van der Waals surface area contributed by atoms with Gasteiger partial charge >= 0.3 is 0 Å². The molecule has 4 aromatic rings. The largest absolute Gasteiger partial charge is 0.474 e. The highest BCUT2D eigenvalue weighted by molar-refractivity contribution is 5.77. The molecule has 0 unspecified atom stereocenters. The predicted octanol–water partition coefficient (Wildman–Crippen LogP) is 5.30. The first kappa shape index (κ1) is 27.1. The average Bonchev–Trinajstić information content (AvgIpc) is 3.28. The third-order valence-electron chi connectivity index (χ3n) is 7.68. The molecule has 0 bridgehead atoms. The van der Waals surface area contributed by atoms with Crippen LogP contribution in [0.3, 0.4) is 0 Å². The smallest absolute Gasteiger partial charge is 0.254 e. The molecular weight excluding hydrogens is 528 g/mol. The molecule has 10 heteroatoms. The Hall–Kier alpha value is -4.07. The Balaban J connectivity index is 1.06. The van der Waals surface area contributed by atoms with Crippen LogP contribution in [0.4, 0.5) is 8.78 Å². The number of piperidine rings is 1. The number of hydrogen-bond acceptors (Lipinski definition) is 7. The number of nitriles is 1. The summed E-state index contributed by atoms with van der Waals surface area (Å²) in [6, 6.07) is 15.0. The van der Waals surface area contributed by atoms with Gasteiger partial charge in [-0.3, -0.25) is 4.90 Å². The molecule has 0 saturated carbocycles. The highest BCUT2D eigenvalue weighted by atomic mass is 19.1. The van der Waals surface area contributed by atoms with Gasteiger partial charge in [-0.15, -0.1) is 0 Å². The zero-order valence-electron chi connectivity index (χ0n) is 22.9. The molecule has 0 aliphatic carbocycles. The van der Waals surface area contributed by atoms with Crippen LogP contribution >= 0.6 is 0 Å². The number of aromatic nitrogens is 3. The van der Waals surface area contributed by atoms with Crippen LogP contribution in [0.2, 0.25) is 0 Å². The second-order valence-electron chi connectivity index (χ2n) is 10.6. The third-order valence-corrected chi connectivity index (χ3v) is 7.68. The number of aryl methyl sites for hydroxylation is 1. The Bertz CT molecular complexity index is 1590. The molecule has 2 aliphatic rings. The van der Waals surface area contributed by atoms with Gasteiger partial charge in [0.25, 0.3) is 5.88 Å². The predicted molar refractivity (Wildman–Crippen MR) is 147 cm³/mol. The zero-order valence-corrected chi connectivity index (χ0v) is 22.9. The number of rotatable bonds is 9. The van der Waals surface area contributed by atoms with Crippen molar-refractivity contribution in [3.8, 4) is 17.8 Å².